The molecule has 6 heteroatoms. The Bertz CT molecular complexity index is 872. The van der Waals surface area contributed by atoms with E-state index in [4.69, 9.17) is 4.74 Å². The van der Waals surface area contributed by atoms with Crippen molar-refractivity contribution in [2.75, 3.05) is 20.2 Å². The average molecular weight is 339 g/mol. The molecule has 0 saturated carbocycles. The second-order valence-corrected chi connectivity index (χ2v) is 6.92. The summed E-state index contributed by atoms with van der Waals surface area (Å²) in [4.78, 5) is 30.8. The summed E-state index contributed by atoms with van der Waals surface area (Å²) in [5, 5.41) is 0. The Kier molecular flexibility index (Phi) is 3.82. The lowest BCUT2D eigenvalue weighted by Crippen LogP contribution is -2.48. The molecule has 1 amide bonds. The third-order valence-electron chi connectivity index (χ3n) is 5.27. The molecule has 2 aliphatic heterocycles. The largest absolute Gasteiger partial charge is 0.495 e. The summed E-state index contributed by atoms with van der Waals surface area (Å²) < 4.78 is 7.02. The number of likely N-dealkylation sites (tertiary alicyclic amines) is 1. The molecule has 0 N–H and O–H groups in total. The number of hydrogen-bond acceptors (Lipinski definition) is 4. The Morgan fingerprint density at radius 2 is 2.08 bits per heavy atom. The van der Waals surface area contributed by atoms with Gasteiger partial charge in [-0.15, -0.1) is 0 Å². The number of piperidine rings is 1. The number of carbonyl (C=O) groups excluding carboxylic acids is 1. The lowest BCUT2D eigenvalue weighted by atomic mass is 9.82. The number of ether oxygens (including phenoxy) is 1. The monoisotopic (exact) mass is 339 g/mol. The molecule has 0 spiro atoms. The van der Waals surface area contributed by atoms with Crippen molar-refractivity contribution < 1.29 is 9.53 Å². The molecule has 2 aromatic rings. The minimum atomic E-state index is 0.0103. The van der Waals surface area contributed by atoms with Crippen molar-refractivity contribution in [2.45, 2.75) is 25.8 Å². The lowest BCUT2D eigenvalue weighted by Gasteiger charge is -2.42. The molecule has 0 radical (unpaired) electrons. The summed E-state index contributed by atoms with van der Waals surface area (Å²) in [7, 11) is 1.60. The minimum absolute atomic E-state index is 0.0103. The summed E-state index contributed by atoms with van der Waals surface area (Å²) in [6.07, 6.45) is 2.68. The van der Waals surface area contributed by atoms with Crippen LogP contribution in [0.4, 0.5) is 0 Å². The SMILES string of the molecule is COc1ccc(-c2cc3n(c(=O)c2)C[C@H]2C[C@@H]3CN(C(C)=O)C2)nc1. The van der Waals surface area contributed by atoms with Crippen LogP contribution < -0.4 is 10.3 Å². The molecule has 1 fully saturated rings. The Hall–Kier alpha value is -2.63. The number of methoxy groups -OCH3 is 1. The number of amides is 1. The number of rotatable bonds is 2. The second kappa shape index (κ2) is 6.02. The molecule has 6 nitrogen and oxygen atoms in total. The smallest absolute Gasteiger partial charge is 0.251 e. The van der Waals surface area contributed by atoms with Crippen molar-refractivity contribution in [3.05, 3.63) is 46.5 Å². The van der Waals surface area contributed by atoms with E-state index >= 15 is 0 Å². The van der Waals surface area contributed by atoms with Gasteiger partial charge in [-0.3, -0.25) is 14.6 Å². The van der Waals surface area contributed by atoms with E-state index in [0.717, 1.165) is 29.9 Å². The molecular weight excluding hydrogens is 318 g/mol. The normalized spacial score (nSPS) is 21.6. The van der Waals surface area contributed by atoms with Crippen LogP contribution >= 0.6 is 0 Å². The number of pyridine rings is 2. The van der Waals surface area contributed by atoms with E-state index in [0.29, 0.717) is 24.8 Å². The van der Waals surface area contributed by atoms with Crippen LogP contribution in [0.1, 0.15) is 25.0 Å². The highest BCUT2D eigenvalue weighted by atomic mass is 16.5. The average Bonchev–Trinajstić information content (AvgIpc) is 2.62. The van der Waals surface area contributed by atoms with E-state index < -0.39 is 0 Å². The van der Waals surface area contributed by atoms with Gasteiger partial charge in [-0.05, 0) is 30.5 Å². The van der Waals surface area contributed by atoms with Crippen molar-refractivity contribution in [1.82, 2.24) is 14.5 Å². The summed E-state index contributed by atoms with van der Waals surface area (Å²) >= 11 is 0. The van der Waals surface area contributed by atoms with Gasteiger partial charge >= 0.3 is 0 Å². The van der Waals surface area contributed by atoms with E-state index in [1.807, 2.05) is 21.6 Å². The van der Waals surface area contributed by atoms with Gasteiger partial charge in [0.05, 0.1) is 19.0 Å². The van der Waals surface area contributed by atoms with Gasteiger partial charge in [0.2, 0.25) is 5.91 Å². The first kappa shape index (κ1) is 15.9. The summed E-state index contributed by atoms with van der Waals surface area (Å²) in [6, 6.07) is 7.41. The van der Waals surface area contributed by atoms with Gasteiger partial charge < -0.3 is 14.2 Å². The zero-order valence-electron chi connectivity index (χ0n) is 14.4. The molecule has 4 heterocycles. The number of aromatic nitrogens is 2. The maximum absolute atomic E-state index is 12.7. The zero-order valence-corrected chi connectivity index (χ0v) is 14.4. The van der Waals surface area contributed by atoms with Crippen LogP contribution in [0, 0.1) is 5.92 Å². The predicted molar refractivity (Wildman–Crippen MR) is 93.6 cm³/mol. The maximum atomic E-state index is 12.7. The minimum Gasteiger partial charge on any atom is -0.495 e. The van der Waals surface area contributed by atoms with Crippen LogP contribution in [0.5, 0.6) is 5.75 Å². The molecule has 2 aliphatic rings. The first-order valence-electron chi connectivity index (χ1n) is 8.56. The molecular formula is C19H21N3O3. The quantitative estimate of drug-likeness (QED) is 0.838. The third kappa shape index (κ3) is 2.81. The zero-order chi connectivity index (χ0) is 17.6. The highest BCUT2D eigenvalue weighted by molar-refractivity contribution is 5.73. The van der Waals surface area contributed by atoms with Gasteiger partial charge in [-0.1, -0.05) is 0 Å². The number of nitrogens with zero attached hydrogens (tertiary/aromatic N) is 3. The number of fused-ring (bicyclic) bond motifs is 4. The predicted octanol–water partition coefficient (Wildman–Crippen LogP) is 1.88. The first-order chi connectivity index (χ1) is 12.0. The van der Waals surface area contributed by atoms with Gasteiger partial charge in [0, 0.05) is 49.8 Å². The van der Waals surface area contributed by atoms with Crippen LogP contribution in [-0.2, 0) is 11.3 Å². The molecule has 2 aromatic heterocycles. The number of carbonyl (C=O) groups is 1. The summed E-state index contributed by atoms with van der Waals surface area (Å²) in [5.74, 6) is 1.37. The van der Waals surface area contributed by atoms with Gasteiger partial charge in [0.1, 0.15) is 5.75 Å². The molecule has 25 heavy (non-hydrogen) atoms. The van der Waals surface area contributed by atoms with Gasteiger partial charge in [-0.25, -0.2) is 0 Å². The molecule has 4 rings (SSSR count). The fraction of sp³-hybridized carbons (Fsp3) is 0.421. The van der Waals surface area contributed by atoms with Gasteiger partial charge in [-0.2, -0.15) is 0 Å². The topological polar surface area (TPSA) is 64.4 Å². The molecule has 0 aliphatic carbocycles. The van der Waals surface area contributed by atoms with E-state index in [-0.39, 0.29) is 17.4 Å². The number of hydrogen-bond donors (Lipinski definition) is 0. The van der Waals surface area contributed by atoms with Crippen LogP contribution in [0.25, 0.3) is 11.3 Å². The molecule has 130 valence electrons. The maximum Gasteiger partial charge on any atom is 0.251 e. The van der Waals surface area contributed by atoms with Crippen LogP contribution in [0.2, 0.25) is 0 Å². The van der Waals surface area contributed by atoms with E-state index in [9.17, 15) is 9.59 Å². The third-order valence-corrected chi connectivity index (χ3v) is 5.27. The van der Waals surface area contributed by atoms with E-state index in [2.05, 4.69) is 11.1 Å². The van der Waals surface area contributed by atoms with Crippen molar-refractivity contribution >= 4 is 5.91 Å². The standard InChI is InChI=1S/C19H21N3O3/c1-12(23)21-9-13-5-15(11-21)18-6-14(7-19(24)22(18)10-13)17-4-3-16(25-2)8-20-17/h3-4,6-8,13,15H,5,9-11H2,1-2H3/t13-,15+/m0/s1. The van der Waals surface area contributed by atoms with E-state index in [1.54, 1.807) is 26.3 Å². The van der Waals surface area contributed by atoms with Crippen molar-refractivity contribution in [3.8, 4) is 17.0 Å². The Morgan fingerprint density at radius 3 is 2.76 bits per heavy atom. The highest BCUT2D eigenvalue weighted by Crippen LogP contribution is 2.36. The van der Waals surface area contributed by atoms with Crippen molar-refractivity contribution in [2.24, 2.45) is 5.92 Å². The molecule has 1 saturated heterocycles. The van der Waals surface area contributed by atoms with Crippen molar-refractivity contribution in [1.29, 1.82) is 0 Å². The molecule has 2 atom stereocenters. The fourth-order valence-corrected chi connectivity index (χ4v) is 4.04. The molecule has 2 bridgehead atoms. The van der Waals surface area contributed by atoms with Crippen molar-refractivity contribution in [3.63, 3.8) is 0 Å². The summed E-state index contributed by atoms with van der Waals surface area (Å²) in [5.41, 5.74) is 2.60. The Balaban J connectivity index is 1.74. The van der Waals surface area contributed by atoms with E-state index in [1.165, 1.54) is 0 Å². The molecule has 0 aromatic carbocycles. The highest BCUT2D eigenvalue weighted by Gasteiger charge is 2.35. The van der Waals surface area contributed by atoms with Crippen LogP contribution in [-0.4, -0.2) is 40.6 Å². The van der Waals surface area contributed by atoms with Gasteiger partial charge in [0.25, 0.3) is 5.56 Å². The Morgan fingerprint density at radius 1 is 1.24 bits per heavy atom. The fourth-order valence-electron chi connectivity index (χ4n) is 4.04. The molecule has 0 unspecified atom stereocenters. The van der Waals surface area contributed by atoms with Crippen LogP contribution in [0.15, 0.2) is 35.3 Å². The van der Waals surface area contributed by atoms with Gasteiger partial charge in [0.15, 0.2) is 0 Å². The second-order valence-electron chi connectivity index (χ2n) is 6.92. The van der Waals surface area contributed by atoms with Crippen LogP contribution in [0.3, 0.4) is 0 Å². The Labute approximate surface area is 146 Å². The lowest BCUT2D eigenvalue weighted by molar-refractivity contribution is -0.131. The summed E-state index contributed by atoms with van der Waals surface area (Å²) in [6.45, 7) is 3.74. The first-order valence-corrected chi connectivity index (χ1v) is 8.56.